The van der Waals surface area contributed by atoms with Gasteiger partial charge in [0.05, 0.1) is 6.04 Å². The Labute approximate surface area is 175 Å². The molecule has 1 saturated heterocycles. The normalized spacial score (nSPS) is 17.9. The minimum Gasteiger partial charge on any atom is -0.354 e. The van der Waals surface area contributed by atoms with Crippen LogP contribution < -0.4 is 5.32 Å². The van der Waals surface area contributed by atoms with Crippen molar-refractivity contribution in [2.75, 3.05) is 39.3 Å². The topological polar surface area (TPSA) is 35.6 Å². The zero-order valence-corrected chi connectivity index (χ0v) is 17.6. The van der Waals surface area contributed by atoms with Gasteiger partial charge in [0.1, 0.15) is 0 Å². The van der Waals surface area contributed by atoms with Gasteiger partial charge in [-0.1, -0.05) is 79.7 Å². The van der Waals surface area contributed by atoms with E-state index in [1.54, 1.807) is 0 Å². The molecule has 0 radical (unpaired) electrons. The fourth-order valence-corrected chi connectivity index (χ4v) is 3.70. The number of hydrogen-bond donors (Lipinski definition) is 1. The lowest BCUT2D eigenvalue weighted by Crippen LogP contribution is -2.54. The first kappa shape index (κ1) is 21.3. The van der Waals surface area contributed by atoms with Crippen LogP contribution in [0.2, 0.25) is 0 Å². The van der Waals surface area contributed by atoms with Crippen LogP contribution in [0.4, 0.5) is 0 Å². The van der Waals surface area contributed by atoms with Gasteiger partial charge in [-0.05, 0) is 24.0 Å². The number of rotatable bonds is 8. The summed E-state index contributed by atoms with van der Waals surface area (Å²) < 4.78 is 0. The Balaban J connectivity index is 1.38. The standard InChI is InChI=1S/C25H33N3O/c1-21(24-13-7-4-8-14-24)20-26-25(29)22(2)28-18-16-27(17-19-28)15-9-12-23-10-5-3-6-11-23/h3-14,21-22H,15-20H2,1-2H3,(H,26,29)/b12-9+/t21-,22+/m1/s1. The highest BCUT2D eigenvalue weighted by atomic mass is 16.2. The smallest absolute Gasteiger partial charge is 0.237 e. The van der Waals surface area contributed by atoms with E-state index in [0.29, 0.717) is 12.5 Å². The summed E-state index contributed by atoms with van der Waals surface area (Å²) in [5.41, 5.74) is 2.50. The highest BCUT2D eigenvalue weighted by molar-refractivity contribution is 5.81. The largest absolute Gasteiger partial charge is 0.354 e. The molecule has 29 heavy (non-hydrogen) atoms. The monoisotopic (exact) mass is 391 g/mol. The van der Waals surface area contributed by atoms with Gasteiger partial charge in [-0.3, -0.25) is 14.6 Å². The van der Waals surface area contributed by atoms with Gasteiger partial charge in [-0.2, -0.15) is 0 Å². The lowest BCUT2D eigenvalue weighted by atomic mass is 10.0. The Bertz CT molecular complexity index is 767. The zero-order valence-electron chi connectivity index (χ0n) is 17.6. The van der Waals surface area contributed by atoms with Gasteiger partial charge in [0.25, 0.3) is 0 Å². The van der Waals surface area contributed by atoms with Gasteiger partial charge < -0.3 is 5.32 Å². The summed E-state index contributed by atoms with van der Waals surface area (Å²) in [6.07, 6.45) is 4.41. The van der Waals surface area contributed by atoms with Crippen LogP contribution in [0.1, 0.15) is 30.9 Å². The van der Waals surface area contributed by atoms with Gasteiger partial charge in [0.15, 0.2) is 0 Å². The molecule has 2 aromatic carbocycles. The molecule has 1 aliphatic rings. The minimum atomic E-state index is -0.0833. The number of carbonyl (C=O) groups excluding carboxylic acids is 1. The molecule has 0 saturated carbocycles. The van der Waals surface area contributed by atoms with Crippen molar-refractivity contribution in [3.8, 4) is 0 Å². The lowest BCUT2D eigenvalue weighted by Gasteiger charge is -2.37. The Hall–Kier alpha value is -2.43. The minimum absolute atomic E-state index is 0.0833. The Morgan fingerprint density at radius 3 is 2.24 bits per heavy atom. The predicted molar refractivity (Wildman–Crippen MR) is 121 cm³/mol. The summed E-state index contributed by atoms with van der Waals surface area (Å²) in [7, 11) is 0. The summed E-state index contributed by atoms with van der Waals surface area (Å²) >= 11 is 0. The van der Waals surface area contributed by atoms with E-state index in [1.165, 1.54) is 11.1 Å². The van der Waals surface area contributed by atoms with E-state index in [1.807, 2.05) is 31.2 Å². The van der Waals surface area contributed by atoms with Gasteiger partial charge in [-0.15, -0.1) is 0 Å². The highest BCUT2D eigenvalue weighted by Crippen LogP contribution is 2.13. The molecule has 4 nitrogen and oxygen atoms in total. The molecular weight excluding hydrogens is 358 g/mol. The Morgan fingerprint density at radius 1 is 0.966 bits per heavy atom. The average Bonchev–Trinajstić information content (AvgIpc) is 2.78. The zero-order chi connectivity index (χ0) is 20.5. The molecule has 1 heterocycles. The van der Waals surface area contributed by atoms with E-state index in [9.17, 15) is 4.79 Å². The molecular formula is C25H33N3O. The molecule has 0 aliphatic carbocycles. The van der Waals surface area contributed by atoms with Crippen molar-refractivity contribution in [1.29, 1.82) is 0 Å². The molecule has 0 unspecified atom stereocenters. The molecule has 1 N–H and O–H groups in total. The summed E-state index contributed by atoms with van der Waals surface area (Å²) in [5.74, 6) is 0.450. The first-order chi connectivity index (χ1) is 14.1. The fraction of sp³-hybridized carbons (Fsp3) is 0.400. The number of carbonyl (C=O) groups is 1. The third kappa shape index (κ3) is 6.55. The molecule has 0 aromatic heterocycles. The first-order valence-electron chi connectivity index (χ1n) is 10.6. The van der Waals surface area contributed by atoms with E-state index >= 15 is 0 Å². The van der Waals surface area contributed by atoms with E-state index in [4.69, 9.17) is 0 Å². The number of nitrogens with one attached hydrogen (secondary N) is 1. The molecule has 0 bridgehead atoms. The average molecular weight is 392 g/mol. The third-order valence-corrected chi connectivity index (χ3v) is 5.76. The van der Waals surface area contributed by atoms with Crippen LogP contribution in [0.25, 0.3) is 6.08 Å². The number of hydrogen-bond acceptors (Lipinski definition) is 3. The van der Waals surface area contributed by atoms with Crippen molar-refractivity contribution in [1.82, 2.24) is 15.1 Å². The van der Waals surface area contributed by atoms with Gasteiger partial charge in [0.2, 0.25) is 5.91 Å². The SMILES string of the molecule is C[C@H](CNC(=O)[C@H](C)N1CCN(C/C=C/c2ccccc2)CC1)c1ccccc1. The fourth-order valence-electron chi connectivity index (χ4n) is 3.70. The molecule has 3 rings (SSSR count). The number of benzene rings is 2. The summed E-state index contributed by atoms with van der Waals surface area (Å²) in [4.78, 5) is 17.3. The highest BCUT2D eigenvalue weighted by Gasteiger charge is 2.25. The van der Waals surface area contributed by atoms with Gasteiger partial charge >= 0.3 is 0 Å². The quantitative estimate of drug-likeness (QED) is 0.746. The van der Waals surface area contributed by atoms with Crippen molar-refractivity contribution in [2.45, 2.75) is 25.8 Å². The van der Waals surface area contributed by atoms with E-state index in [-0.39, 0.29) is 11.9 Å². The Kier molecular flexibility index (Phi) is 8.03. The van der Waals surface area contributed by atoms with E-state index < -0.39 is 0 Å². The third-order valence-electron chi connectivity index (χ3n) is 5.76. The second-order valence-corrected chi connectivity index (χ2v) is 7.88. The van der Waals surface area contributed by atoms with Crippen LogP contribution in [0.3, 0.4) is 0 Å². The van der Waals surface area contributed by atoms with Crippen molar-refractivity contribution in [2.24, 2.45) is 0 Å². The maximum atomic E-state index is 12.6. The number of nitrogens with zero attached hydrogens (tertiary/aromatic N) is 2. The van der Waals surface area contributed by atoms with Crippen molar-refractivity contribution >= 4 is 12.0 Å². The molecule has 1 amide bonds. The molecule has 154 valence electrons. The second-order valence-electron chi connectivity index (χ2n) is 7.88. The maximum Gasteiger partial charge on any atom is 0.237 e. The van der Waals surface area contributed by atoms with Crippen LogP contribution >= 0.6 is 0 Å². The van der Waals surface area contributed by atoms with E-state index in [2.05, 4.69) is 70.6 Å². The van der Waals surface area contributed by atoms with E-state index in [0.717, 1.165) is 32.7 Å². The van der Waals surface area contributed by atoms with Crippen molar-refractivity contribution in [3.63, 3.8) is 0 Å². The molecule has 2 atom stereocenters. The molecule has 0 spiro atoms. The van der Waals surface area contributed by atoms with Crippen LogP contribution in [0.15, 0.2) is 66.7 Å². The summed E-state index contributed by atoms with van der Waals surface area (Å²) in [6, 6.07) is 20.7. The molecule has 2 aromatic rings. The van der Waals surface area contributed by atoms with Gasteiger partial charge in [-0.25, -0.2) is 0 Å². The summed E-state index contributed by atoms with van der Waals surface area (Å²) in [5, 5.41) is 3.14. The predicted octanol–water partition coefficient (Wildman–Crippen LogP) is 3.63. The van der Waals surface area contributed by atoms with Crippen LogP contribution in [0.5, 0.6) is 0 Å². The second kappa shape index (κ2) is 10.9. The number of amides is 1. The van der Waals surface area contributed by atoms with Crippen LogP contribution in [-0.2, 0) is 4.79 Å². The molecule has 4 heteroatoms. The molecule has 1 fully saturated rings. The Morgan fingerprint density at radius 2 is 1.59 bits per heavy atom. The van der Waals surface area contributed by atoms with Gasteiger partial charge in [0, 0.05) is 39.3 Å². The maximum absolute atomic E-state index is 12.6. The summed E-state index contributed by atoms with van der Waals surface area (Å²) in [6.45, 7) is 9.67. The number of piperazine rings is 1. The van der Waals surface area contributed by atoms with Crippen molar-refractivity contribution < 1.29 is 4.79 Å². The van der Waals surface area contributed by atoms with Crippen LogP contribution in [0, 0.1) is 0 Å². The first-order valence-corrected chi connectivity index (χ1v) is 10.6. The van der Waals surface area contributed by atoms with Crippen molar-refractivity contribution in [3.05, 3.63) is 77.9 Å². The lowest BCUT2D eigenvalue weighted by molar-refractivity contribution is -0.126. The molecule has 1 aliphatic heterocycles. The van der Waals surface area contributed by atoms with Crippen LogP contribution in [-0.4, -0.2) is 61.0 Å².